The molecule has 200 valence electrons. The van der Waals surface area contributed by atoms with Crippen molar-refractivity contribution in [3.05, 3.63) is 42.1 Å². The van der Waals surface area contributed by atoms with Crippen molar-refractivity contribution in [3.63, 3.8) is 0 Å². The zero-order chi connectivity index (χ0) is 26.7. The average molecular weight is 544 g/mol. The minimum atomic E-state index is -3.38. The molecule has 0 aromatic heterocycles. The zero-order valence-electron chi connectivity index (χ0n) is 20.9. The molecule has 1 aromatic carbocycles. The maximum atomic E-state index is 12.4. The summed E-state index contributed by atoms with van der Waals surface area (Å²) < 4.78 is 23.3. The van der Waals surface area contributed by atoms with Crippen LogP contribution in [0.15, 0.2) is 36.5 Å². The summed E-state index contributed by atoms with van der Waals surface area (Å²) in [5, 5.41) is 27.4. The van der Waals surface area contributed by atoms with Gasteiger partial charge in [-0.25, -0.2) is 5.09 Å². The highest BCUT2D eigenvalue weighted by Crippen LogP contribution is 2.47. The van der Waals surface area contributed by atoms with Gasteiger partial charge in [-0.05, 0) is 58.1 Å². The lowest BCUT2D eigenvalue weighted by atomic mass is 9.96. The molecule has 11 nitrogen and oxygen atoms in total. The summed E-state index contributed by atoms with van der Waals surface area (Å²) in [5.74, 6) is -0.311. The highest BCUT2D eigenvalue weighted by Gasteiger charge is 2.54. The van der Waals surface area contributed by atoms with E-state index in [1.54, 1.807) is 37.8 Å². The monoisotopic (exact) mass is 543 g/mol. The van der Waals surface area contributed by atoms with E-state index in [9.17, 15) is 19.8 Å². The number of nitrogens with zero attached hydrogens (tertiary/aromatic N) is 1. The van der Waals surface area contributed by atoms with E-state index in [4.69, 9.17) is 30.3 Å². The molecular weight excluding hydrogens is 509 g/mol. The predicted octanol–water partition coefficient (Wildman–Crippen LogP) is 1.28. The van der Waals surface area contributed by atoms with E-state index in [1.165, 1.54) is 19.2 Å². The van der Waals surface area contributed by atoms with E-state index in [0.717, 1.165) is 5.56 Å². The van der Waals surface area contributed by atoms with Crippen molar-refractivity contribution in [2.75, 3.05) is 13.3 Å². The number of aliphatic hydroxyl groups is 2. The second kappa shape index (κ2) is 11.6. The van der Waals surface area contributed by atoms with E-state index < -0.39 is 42.7 Å². The summed E-state index contributed by atoms with van der Waals surface area (Å²) in [6.07, 6.45) is -0.786. The molecule has 1 saturated heterocycles. The number of benzene rings is 1. The van der Waals surface area contributed by atoms with Gasteiger partial charge < -0.3 is 39.0 Å². The third-order valence-corrected chi connectivity index (χ3v) is 8.17. The van der Waals surface area contributed by atoms with Gasteiger partial charge in [-0.2, -0.15) is 0 Å². The molecule has 1 amide bonds. The van der Waals surface area contributed by atoms with Gasteiger partial charge in [-0.1, -0.05) is 18.2 Å². The van der Waals surface area contributed by atoms with E-state index in [1.807, 2.05) is 19.1 Å². The molecule has 2 heterocycles. The quantitative estimate of drug-likeness (QED) is 0.251. The summed E-state index contributed by atoms with van der Waals surface area (Å²) >= 11 is 5.73. The largest absolute Gasteiger partial charge is 0.462 e. The Kier molecular flexibility index (Phi) is 9.16. The first-order valence-electron chi connectivity index (χ1n) is 11.6. The molecule has 3 rings (SSSR count). The van der Waals surface area contributed by atoms with Crippen molar-refractivity contribution in [1.29, 1.82) is 0 Å². The van der Waals surface area contributed by atoms with Crippen LogP contribution in [-0.4, -0.2) is 76.4 Å². The molecular formula is C23H34N3O8PS. The maximum absolute atomic E-state index is 12.4. The number of hydrogen-bond donors (Lipinski definition) is 4. The molecule has 4 N–H and O–H groups in total. The summed E-state index contributed by atoms with van der Waals surface area (Å²) in [6.45, 7) is 4.85. The number of aliphatic hydroxyl groups excluding tert-OH is 1. The normalized spacial score (nSPS) is 28.5. The Hall–Kier alpha value is -2.05. The Morgan fingerprint density at radius 3 is 2.69 bits per heavy atom. The molecule has 0 saturated carbocycles. The molecule has 1 fully saturated rings. The minimum Gasteiger partial charge on any atom is -0.462 e. The Bertz CT molecular complexity index is 1040. The Morgan fingerprint density at radius 2 is 2.08 bits per heavy atom. The van der Waals surface area contributed by atoms with Crippen LogP contribution in [0.5, 0.6) is 5.75 Å². The molecule has 13 heteroatoms. The van der Waals surface area contributed by atoms with Crippen LogP contribution in [0.4, 0.5) is 0 Å². The lowest BCUT2D eigenvalue weighted by molar-refractivity contribution is -0.149. The fourth-order valence-corrected chi connectivity index (χ4v) is 6.19. The molecule has 6 unspecified atom stereocenters. The minimum absolute atomic E-state index is 0.0991. The van der Waals surface area contributed by atoms with E-state index >= 15 is 0 Å². The fourth-order valence-electron chi connectivity index (χ4n) is 3.72. The number of ether oxygens (including phenoxy) is 2. The van der Waals surface area contributed by atoms with Gasteiger partial charge in [0.25, 0.3) is 0 Å². The number of nitrogens with one attached hydrogen (secondary N) is 2. The number of amides is 1. The lowest BCUT2D eigenvalue weighted by Gasteiger charge is -2.36. The molecule has 2 aliphatic rings. The van der Waals surface area contributed by atoms with Crippen molar-refractivity contribution < 1.29 is 38.3 Å². The smallest absolute Gasteiger partial charge is 0.323 e. The van der Waals surface area contributed by atoms with Gasteiger partial charge in [0.1, 0.15) is 29.6 Å². The summed E-state index contributed by atoms with van der Waals surface area (Å²) in [4.78, 5) is 25.4. The second-order valence-corrected chi connectivity index (χ2v) is 12.3. The Balaban J connectivity index is 1.76. The van der Waals surface area contributed by atoms with E-state index in [0.29, 0.717) is 5.75 Å². The predicted molar refractivity (Wildman–Crippen MR) is 135 cm³/mol. The highest BCUT2D eigenvalue weighted by atomic mass is 32.5. The Morgan fingerprint density at radius 1 is 1.39 bits per heavy atom. The van der Waals surface area contributed by atoms with Crippen LogP contribution < -0.4 is 14.9 Å². The lowest BCUT2D eigenvalue weighted by Crippen LogP contribution is -2.54. The van der Waals surface area contributed by atoms with E-state index in [-0.39, 0.29) is 25.3 Å². The van der Waals surface area contributed by atoms with Gasteiger partial charge >= 0.3 is 12.6 Å². The van der Waals surface area contributed by atoms with Crippen LogP contribution in [0.2, 0.25) is 0 Å². The fraction of sp³-hybridized carbons (Fsp3) is 0.565. The van der Waals surface area contributed by atoms with E-state index in [2.05, 4.69) is 10.4 Å². The third-order valence-electron chi connectivity index (χ3n) is 5.69. The van der Waals surface area contributed by atoms with Crippen molar-refractivity contribution in [2.24, 2.45) is 0 Å². The van der Waals surface area contributed by atoms with Gasteiger partial charge in [0.05, 0.1) is 19.4 Å². The molecule has 2 aliphatic heterocycles. The van der Waals surface area contributed by atoms with Gasteiger partial charge in [-0.15, -0.1) is 0 Å². The van der Waals surface area contributed by atoms with Crippen LogP contribution in [-0.2, 0) is 35.4 Å². The maximum Gasteiger partial charge on any atom is 0.323 e. The van der Waals surface area contributed by atoms with Crippen molar-refractivity contribution in [1.82, 2.24) is 15.3 Å². The van der Waals surface area contributed by atoms with Crippen LogP contribution in [0.1, 0.15) is 33.3 Å². The first-order chi connectivity index (χ1) is 16.8. The topological polar surface area (TPSA) is 139 Å². The number of esters is 1. The van der Waals surface area contributed by atoms with Crippen LogP contribution in [0.3, 0.4) is 0 Å². The second-order valence-electron chi connectivity index (χ2n) is 9.21. The van der Waals surface area contributed by atoms with Crippen molar-refractivity contribution in [3.8, 4) is 5.75 Å². The van der Waals surface area contributed by atoms with Crippen LogP contribution in [0, 0.1) is 6.92 Å². The zero-order valence-corrected chi connectivity index (χ0v) is 22.6. The molecule has 1 aromatic rings. The number of carbonyl (C=O) groups excluding carboxylic acids is 2. The van der Waals surface area contributed by atoms with Crippen molar-refractivity contribution >= 4 is 30.3 Å². The number of rotatable bonds is 10. The molecule has 0 bridgehead atoms. The van der Waals surface area contributed by atoms with Gasteiger partial charge in [-0.3, -0.25) is 9.59 Å². The number of hydrogen-bond acceptors (Lipinski definition) is 10. The molecule has 0 radical (unpaired) electrons. The standard InChI is InChI=1S/C23H34N3O8PS/c1-14(2)32-21(29)16(4)25-35(36,34-17-9-7-6-8-15(17)3)31-12-18-20(28)23(5,30)22(33-18)26-11-10-19(27)24-13-26/h6-11,14,16,18,20,22,28,30H,12-13H2,1-5H3,(H,24,27)(H,25,36). The first-order valence-corrected chi connectivity index (χ1v) is 14.2. The molecule has 0 spiro atoms. The summed E-state index contributed by atoms with van der Waals surface area (Å²) in [6, 6.07) is 6.38. The first kappa shape index (κ1) is 28.5. The molecule has 0 aliphatic carbocycles. The molecule has 6 atom stereocenters. The van der Waals surface area contributed by atoms with Gasteiger partial charge in [0.2, 0.25) is 5.91 Å². The number of para-hydroxylation sites is 1. The summed E-state index contributed by atoms with van der Waals surface area (Å²) in [7, 11) is 0. The third kappa shape index (κ3) is 6.83. The van der Waals surface area contributed by atoms with Gasteiger partial charge in [0, 0.05) is 12.3 Å². The average Bonchev–Trinajstić information content (AvgIpc) is 3.03. The Labute approximate surface area is 216 Å². The summed E-state index contributed by atoms with van der Waals surface area (Å²) in [5.41, 5.74) is -0.865. The van der Waals surface area contributed by atoms with Gasteiger partial charge in [0.15, 0.2) is 6.23 Å². The van der Waals surface area contributed by atoms with Crippen LogP contribution in [0.25, 0.3) is 0 Å². The SMILES string of the molecule is Cc1ccccc1OP(=S)(NC(C)C(=O)OC(C)C)OCC1OC(N2C=CC(=O)NC2)C(C)(O)C1O. The molecule has 36 heavy (non-hydrogen) atoms. The van der Waals surface area contributed by atoms with Crippen molar-refractivity contribution in [2.45, 2.75) is 70.8 Å². The highest BCUT2D eigenvalue weighted by molar-refractivity contribution is 8.09. The number of aryl methyl sites for hydroxylation is 1. The van der Waals surface area contributed by atoms with Crippen LogP contribution >= 0.6 is 6.64 Å². The number of carbonyl (C=O) groups is 2.